The third-order valence-electron chi connectivity index (χ3n) is 2.67. The summed E-state index contributed by atoms with van der Waals surface area (Å²) in [6.45, 7) is 3.91. The molecule has 0 atom stereocenters. The molecule has 1 aromatic rings. The van der Waals surface area contributed by atoms with Gasteiger partial charge < -0.3 is 0 Å². The van der Waals surface area contributed by atoms with Gasteiger partial charge in [-0.15, -0.1) is 0 Å². The van der Waals surface area contributed by atoms with Crippen LogP contribution in [0.2, 0.25) is 0 Å². The zero-order valence-corrected chi connectivity index (χ0v) is 8.57. The molecule has 15 heavy (non-hydrogen) atoms. The van der Waals surface area contributed by atoms with Crippen LogP contribution in [0.15, 0.2) is 18.5 Å². The van der Waals surface area contributed by atoms with Crippen molar-refractivity contribution in [2.75, 3.05) is 13.1 Å². The van der Waals surface area contributed by atoms with Crippen molar-refractivity contribution in [3.63, 3.8) is 0 Å². The van der Waals surface area contributed by atoms with Gasteiger partial charge in [-0.1, -0.05) is 0 Å². The summed E-state index contributed by atoms with van der Waals surface area (Å²) >= 11 is 0. The highest BCUT2D eigenvalue weighted by molar-refractivity contribution is 5.15. The molecule has 4 heteroatoms. The highest BCUT2D eigenvalue weighted by Gasteiger charge is 2.38. The minimum atomic E-state index is -0.275. The Hall–Kier alpha value is -1.47. The fourth-order valence-corrected chi connectivity index (χ4v) is 1.90. The minimum Gasteiger partial charge on any atom is -0.296 e. The van der Waals surface area contributed by atoms with Gasteiger partial charge in [-0.05, 0) is 13.0 Å². The van der Waals surface area contributed by atoms with Crippen molar-refractivity contribution >= 4 is 0 Å². The first-order valence-electron chi connectivity index (χ1n) is 4.85. The molecule has 2 rings (SSSR count). The molecule has 0 spiro atoms. The Morgan fingerprint density at radius 1 is 1.67 bits per heavy atom. The van der Waals surface area contributed by atoms with Crippen molar-refractivity contribution in [1.82, 2.24) is 9.88 Å². The maximum Gasteiger partial charge on any atom is 0.145 e. The third-order valence-corrected chi connectivity index (χ3v) is 2.67. The Morgan fingerprint density at radius 2 is 2.40 bits per heavy atom. The topological polar surface area (TPSA) is 39.9 Å². The van der Waals surface area contributed by atoms with E-state index in [4.69, 9.17) is 5.26 Å². The van der Waals surface area contributed by atoms with Gasteiger partial charge in [0, 0.05) is 31.4 Å². The van der Waals surface area contributed by atoms with Gasteiger partial charge in [0.05, 0.1) is 17.7 Å². The molecule has 78 valence electrons. The summed E-state index contributed by atoms with van der Waals surface area (Å²) in [6, 6.07) is 3.94. The first kappa shape index (κ1) is 10.1. The minimum absolute atomic E-state index is 0.247. The normalized spacial score (nSPS) is 19.3. The molecule has 0 aromatic carbocycles. The molecule has 1 fully saturated rings. The summed E-state index contributed by atoms with van der Waals surface area (Å²) in [7, 11) is 0. The van der Waals surface area contributed by atoms with E-state index in [1.165, 1.54) is 6.20 Å². The molecule has 0 saturated carbocycles. The SMILES string of the molecule is CC1(C#N)CN(Cc2ccncc2F)C1. The second kappa shape index (κ2) is 3.59. The van der Waals surface area contributed by atoms with E-state index in [1.54, 1.807) is 12.3 Å². The lowest BCUT2D eigenvalue weighted by Gasteiger charge is -2.43. The highest BCUT2D eigenvalue weighted by Crippen LogP contribution is 2.30. The zero-order valence-electron chi connectivity index (χ0n) is 8.57. The van der Waals surface area contributed by atoms with E-state index in [0.29, 0.717) is 25.2 Å². The van der Waals surface area contributed by atoms with E-state index in [9.17, 15) is 4.39 Å². The number of aromatic nitrogens is 1. The van der Waals surface area contributed by atoms with Crippen LogP contribution in [0.3, 0.4) is 0 Å². The summed E-state index contributed by atoms with van der Waals surface area (Å²) < 4.78 is 13.2. The van der Waals surface area contributed by atoms with Gasteiger partial charge in [0.15, 0.2) is 0 Å². The van der Waals surface area contributed by atoms with E-state index < -0.39 is 0 Å². The van der Waals surface area contributed by atoms with Gasteiger partial charge >= 0.3 is 0 Å². The van der Waals surface area contributed by atoms with E-state index in [2.05, 4.69) is 16.0 Å². The summed E-state index contributed by atoms with van der Waals surface area (Å²) in [5.41, 5.74) is 0.397. The number of nitrogens with zero attached hydrogens (tertiary/aromatic N) is 3. The molecule has 1 saturated heterocycles. The molecule has 2 heterocycles. The van der Waals surface area contributed by atoms with Gasteiger partial charge in [0.2, 0.25) is 0 Å². The van der Waals surface area contributed by atoms with E-state index >= 15 is 0 Å². The lowest BCUT2D eigenvalue weighted by atomic mass is 9.83. The molecule has 1 aromatic heterocycles. The zero-order chi connectivity index (χ0) is 10.9. The smallest absolute Gasteiger partial charge is 0.145 e. The van der Waals surface area contributed by atoms with Crippen LogP contribution in [0, 0.1) is 22.6 Å². The van der Waals surface area contributed by atoms with Crippen molar-refractivity contribution in [2.45, 2.75) is 13.5 Å². The van der Waals surface area contributed by atoms with Crippen LogP contribution in [0.1, 0.15) is 12.5 Å². The van der Waals surface area contributed by atoms with E-state index in [-0.39, 0.29) is 11.2 Å². The van der Waals surface area contributed by atoms with Crippen molar-refractivity contribution in [1.29, 1.82) is 5.26 Å². The second-order valence-electron chi connectivity index (χ2n) is 4.28. The molecule has 1 aliphatic heterocycles. The van der Waals surface area contributed by atoms with Gasteiger partial charge in [0.25, 0.3) is 0 Å². The molecular formula is C11H12FN3. The number of rotatable bonds is 2. The summed E-state index contributed by atoms with van der Waals surface area (Å²) in [6.07, 6.45) is 2.81. The van der Waals surface area contributed by atoms with Gasteiger partial charge in [-0.2, -0.15) is 5.26 Å². The Balaban J connectivity index is 1.97. The van der Waals surface area contributed by atoms with E-state index in [1.807, 2.05) is 6.92 Å². The monoisotopic (exact) mass is 205 g/mol. The van der Waals surface area contributed by atoms with Gasteiger partial charge in [0.1, 0.15) is 5.82 Å². The quantitative estimate of drug-likeness (QED) is 0.735. The summed E-state index contributed by atoms with van der Waals surface area (Å²) in [4.78, 5) is 5.75. The van der Waals surface area contributed by atoms with Crippen molar-refractivity contribution in [2.24, 2.45) is 5.41 Å². The third kappa shape index (κ3) is 1.97. The lowest BCUT2D eigenvalue weighted by Crippen LogP contribution is -2.53. The van der Waals surface area contributed by atoms with Crippen molar-refractivity contribution < 1.29 is 4.39 Å². The Kier molecular flexibility index (Phi) is 2.41. The molecule has 0 unspecified atom stereocenters. The maximum absolute atomic E-state index is 13.2. The molecule has 0 N–H and O–H groups in total. The standard InChI is InChI=1S/C11H12FN3/c1-11(6-13)7-15(8-11)5-9-2-3-14-4-10(9)12/h2-4H,5,7-8H2,1H3. The van der Waals surface area contributed by atoms with Crippen LogP contribution in [0.5, 0.6) is 0 Å². The van der Waals surface area contributed by atoms with Gasteiger partial charge in [-0.3, -0.25) is 9.88 Å². The van der Waals surface area contributed by atoms with E-state index in [0.717, 1.165) is 0 Å². The van der Waals surface area contributed by atoms with Crippen LogP contribution in [-0.2, 0) is 6.54 Å². The van der Waals surface area contributed by atoms with Crippen LogP contribution in [0.25, 0.3) is 0 Å². The van der Waals surface area contributed by atoms with Crippen molar-refractivity contribution in [3.05, 3.63) is 29.8 Å². The fourth-order valence-electron chi connectivity index (χ4n) is 1.90. The Labute approximate surface area is 88.2 Å². The molecule has 0 radical (unpaired) electrons. The van der Waals surface area contributed by atoms with Crippen LogP contribution in [-0.4, -0.2) is 23.0 Å². The van der Waals surface area contributed by atoms with Crippen LogP contribution in [0.4, 0.5) is 4.39 Å². The first-order valence-corrected chi connectivity index (χ1v) is 4.85. The average molecular weight is 205 g/mol. The largest absolute Gasteiger partial charge is 0.296 e. The molecule has 0 bridgehead atoms. The van der Waals surface area contributed by atoms with Crippen molar-refractivity contribution in [3.8, 4) is 6.07 Å². The summed E-state index contributed by atoms with van der Waals surface area (Å²) in [5.74, 6) is -0.275. The van der Waals surface area contributed by atoms with Crippen LogP contribution >= 0.6 is 0 Å². The lowest BCUT2D eigenvalue weighted by molar-refractivity contribution is 0.0519. The average Bonchev–Trinajstić information content (AvgIpc) is 2.18. The number of nitriles is 1. The number of halogens is 1. The number of pyridine rings is 1. The maximum atomic E-state index is 13.2. The molecule has 1 aliphatic rings. The number of likely N-dealkylation sites (tertiary alicyclic amines) is 1. The summed E-state index contributed by atoms with van der Waals surface area (Å²) in [5, 5.41) is 8.82. The van der Waals surface area contributed by atoms with Gasteiger partial charge in [-0.25, -0.2) is 4.39 Å². The van der Waals surface area contributed by atoms with Crippen LogP contribution < -0.4 is 0 Å². The molecular weight excluding hydrogens is 193 g/mol. The fraction of sp³-hybridized carbons (Fsp3) is 0.455. The predicted molar refractivity (Wildman–Crippen MR) is 53.2 cm³/mol. The number of hydrogen-bond acceptors (Lipinski definition) is 3. The second-order valence-corrected chi connectivity index (χ2v) is 4.28. The Morgan fingerprint density at radius 3 is 3.00 bits per heavy atom. The highest BCUT2D eigenvalue weighted by atomic mass is 19.1. The predicted octanol–water partition coefficient (Wildman–Crippen LogP) is 1.57. The molecule has 0 amide bonds. The molecule has 0 aliphatic carbocycles. The molecule has 3 nitrogen and oxygen atoms in total. The Bertz CT molecular complexity index is 405. The number of hydrogen-bond donors (Lipinski definition) is 0. The first-order chi connectivity index (χ1) is 7.13.